The van der Waals surface area contributed by atoms with Crippen LogP contribution in [0.15, 0.2) is 48.5 Å². The Balaban J connectivity index is 1.18. The molecule has 0 radical (unpaired) electrons. The normalized spacial score (nSPS) is 21.4. The zero-order chi connectivity index (χ0) is 29.9. The fraction of sp³-hybridized carbons (Fsp3) is 0.486. The second kappa shape index (κ2) is 13.0. The monoisotopic (exact) mass is 585 g/mol. The van der Waals surface area contributed by atoms with Crippen molar-refractivity contribution in [3.63, 3.8) is 0 Å². The molecule has 8 nitrogen and oxygen atoms in total. The van der Waals surface area contributed by atoms with Crippen LogP contribution in [0.3, 0.4) is 0 Å². The molecule has 0 spiro atoms. The average molecular weight is 586 g/mol. The largest absolute Gasteiger partial charge is 0.488 e. The van der Waals surface area contributed by atoms with Gasteiger partial charge in [0.25, 0.3) is 0 Å². The summed E-state index contributed by atoms with van der Waals surface area (Å²) in [6.07, 6.45) is 3.48. The number of piperidine rings is 1. The molecule has 0 unspecified atom stereocenters. The van der Waals surface area contributed by atoms with Crippen molar-refractivity contribution in [1.29, 1.82) is 0 Å². The second-order valence-corrected chi connectivity index (χ2v) is 12.2. The number of carboxylic acids is 1. The molecule has 1 N–H and O–H groups in total. The summed E-state index contributed by atoms with van der Waals surface area (Å²) >= 11 is 0. The van der Waals surface area contributed by atoms with Gasteiger partial charge in [0.1, 0.15) is 18.2 Å². The summed E-state index contributed by atoms with van der Waals surface area (Å²) in [4.78, 5) is 21.4. The van der Waals surface area contributed by atoms with Crippen molar-refractivity contribution in [2.24, 2.45) is 5.92 Å². The van der Waals surface area contributed by atoms with Gasteiger partial charge in [-0.1, -0.05) is 30.3 Å². The Kier molecular flexibility index (Phi) is 8.98. The van der Waals surface area contributed by atoms with Gasteiger partial charge in [0, 0.05) is 58.1 Å². The standard InChI is InChI=1S/C35H43N3O5/c1-23-6-4-7-28(31-8-5-9-33(36-31)38-15-11-29(35(39)40)32(21-38)41-3)34(23)43-22-25-18-24(2)30-20-37(14-10-26(30)19-25)27-12-16-42-17-13-27/h4-9,18-19,27,29,32H,10-17,20-22H2,1-3H3,(H,39,40)/t29-,32-/m1/s1. The van der Waals surface area contributed by atoms with Crippen LogP contribution in [0.1, 0.15) is 47.1 Å². The molecule has 1 aromatic heterocycles. The quantitative estimate of drug-likeness (QED) is 0.376. The molecule has 43 heavy (non-hydrogen) atoms. The highest BCUT2D eigenvalue weighted by Crippen LogP contribution is 2.35. The first-order chi connectivity index (χ1) is 20.9. The molecule has 2 atom stereocenters. The predicted octanol–water partition coefficient (Wildman–Crippen LogP) is 5.41. The molecular formula is C35H43N3O5. The highest BCUT2D eigenvalue weighted by molar-refractivity contribution is 5.72. The summed E-state index contributed by atoms with van der Waals surface area (Å²) < 4.78 is 17.7. The summed E-state index contributed by atoms with van der Waals surface area (Å²) in [5.41, 5.74) is 8.30. The lowest BCUT2D eigenvalue weighted by atomic mass is 9.91. The minimum Gasteiger partial charge on any atom is -0.488 e. The lowest BCUT2D eigenvalue weighted by molar-refractivity contribution is -0.147. The first-order valence-electron chi connectivity index (χ1n) is 15.5. The second-order valence-electron chi connectivity index (χ2n) is 12.2. The number of aromatic nitrogens is 1. The number of rotatable bonds is 8. The molecule has 3 aliphatic heterocycles. The van der Waals surface area contributed by atoms with Gasteiger partial charge in [-0.15, -0.1) is 0 Å². The number of aliphatic carboxylic acids is 1. The summed E-state index contributed by atoms with van der Waals surface area (Å²) in [6.45, 7) is 9.80. The Bertz CT molecular complexity index is 1450. The van der Waals surface area contributed by atoms with E-state index in [4.69, 9.17) is 19.2 Å². The van der Waals surface area contributed by atoms with Gasteiger partial charge in [0.2, 0.25) is 0 Å². The number of aryl methyl sites for hydroxylation is 2. The lowest BCUT2D eigenvalue weighted by Gasteiger charge is -2.38. The molecule has 8 heteroatoms. The Labute approximate surface area is 254 Å². The molecule has 0 amide bonds. The SMILES string of the molecule is CO[C@@H]1CN(c2cccc(-c3cccc(C)c3OCc3cc(C)c4c(c3)CCN(C3CCOCC3)C4)n2)CC[C@H]1C(=O)O. The third-order valence-corrected chi connectivity index (χ3v) is 9.47. The van der Waals surface area contributed by atoms with E-state index < -0.39 is 11.9 Å². The number of carboxylic acid groups (broad SMARTS) is 1. The molecule has 228 valence electrons. The Morgan fingerprint density at radius 2 is 1.86 bits per heavy atom. The van der Waals surface area contributed by atoms with Gasteiger partial charge in [-0.2, -0.15) is 0 Å². The van der Waals surface area contributed by atoms with Crippen molar-refractivity contribution in [2.75, 3.05) is 44.9 Å². The summed E-state index contributed by atoms with van der Waals surface area (Å²) in [7, 11) is 1.58. The molecule has 4 heterocycles. The Hall–Kier alpha value is -3.46. The van der Waals surface area contributed by atoms with Crippen LogP contribution in [0, 0.1) is 19.8 Å². The van der Waals surface area contributed by atoms with Crippen molar-refractivity contribution >= 4 is 11.8 Å². The maximum atomic E-state index is 11.7. The third-order valence-electron chi connectivity index (χ3n) is 9.47. The number of benzene rings is 2. The van der Waals surface area contributed by atoms with Crippen LogP contribution in [-0.4, -0.2) is 73.1 Å². The van der Waals surface area contributed by atoms with E-state index >= 15 is 0 Å². The van der Waals surface area contributed by atoms with Crippen LogP contribution < -0.4 is 9.64 Å². The Morgan fingerprint density at radius 3 is 2.65 bits per heavy atom. The molecule has 0 saturated carbocycles. The first kappa shape index (κ1) is 29.6. The van der Waals surface area contributed by atoms with Crippen LogP contribution in [0.2, 0.25) is 0 Å². The van der Waals surface area contributed by atoms with E-state index in [1.165, 1.54) is 22.3 Å². The molecule has 2 fully saturated rings. The van der Waals surface area contributed by atoms with E-state index in [2.05, 4.69) is 47.9 Å². The summed E-state index contributed by atoms with van der Waals surface area (Å²) in [6, 6.07) is 17.4. The number of nitrogens with zero attached hydrogens (tertiary/aromatic N) is 3. The van der Waals surface area contributed by atoms with E-state index in [1.54, 1.807) is 7.11 Å². The summed E-state index contributed by atoms with van der Waals surface area (Å²) in [5.74, 6) is 0.351. The van der Waals surface area contributed by atoms with Crippen LogP contribution in [0.25, 0.3) is 11.3 Å². The molecule has 3 aromatic rings. The van der Waals surface area contributed by atoms with E-state index in [0.29, 0.717) is 32.2 Å². The van der Waals surface area contributed by atoms with Gasteiger partial charge < -0.3 is 24.2 Å². The molecule has 0 bridgehead atoms. The minimum absolute atomic E-state index is 0.375. The highest BCUT2D eigenvalue weighted by atomic mass is 16.5. The number of ether oxygens (including phenoxy) is 3. The zero-order valence-corrected chi connectivity index (χ0v) is 25.6. The van der Waals surface area contributed by atoms with E-state index in [9.17, 15) is 9.90 Å². The molecule has 2 aromatic carbocycles. The number of fused-ring (bicyclic) bond motifs is 1. The van der Waals surface area contributed by atoms with Crippen molar-refractivity contribution in [3.8, 4) is 17.0 Å². The topological polar surface area (TPSA) is 84.4 Å². The Morgan fingerprint density at radius 1 is 1.05 bits per heavy atom. The van der Waals surface area contributed by atoms with Gasteiger partial charge in [-0.3, -0.25) is 9.69 Å². The van der Waals surface area contributed by atoms with E-state index in [0.717, 1.165) is 74.0 Å². The number of para-hydroxylation sites is 1. The lowest BCUT2D eigenvalue weighted by Crippen LogP contribution is -2.47. The van der Waals surface area contributed by atoms with E-state index in [1.807, 2.05) is 24.3 Å². The third kappa shape index (κ3) is 6.42. The van der Waals surface area contributed by atoms with Crippen LogP contribution >= 0.6 is 0 Å². The smallest absolute Gasteiger partial charge is 0.309 e. The number of carbonyl (C=O) groups is 1. The first-order valence-corrected chi connectivity index (χ1v) is 15.5. The summed E-state index contributed by atoms with van der Waals surface area (Å²) in [5, 5.41) is 9.58. The fourth-order valence-corrected chi connectivity index (χ4v) is 7.01. The van der Waals surface area contributed by atoms with Gasteiger partial charge in [0.15, 0.2) is 0 Å². The minimum atomic E-state index is -0.805. The van der Waals surface area contributed by atoms with Crippen molar-refractivity contribution in [3.05, 3.63) is 76.3 Å². The van der Waals surface area contributed by atoms with Gasteiger partial charge in [-0.25, -0.2) is 4.98 Å². The average Bonchev–Trinajstić information content (AvgIpc) is 3.04. The maximum absolute atomic E-state index is 11.7. The molecule has 0 aliphatic carbocycles. The molecule has 2 saturated heterocycles. The number of hydrogen-bond donors (Lipinski definition) is 1. The molecule has 3 aliphatic rings. The zero-order valence-electron chi connectivity index (χ0n) is 25.6. The number of anilines is 1. The van der Waals surface area contributed by atoms with Crippen LogP contribution in [-0.2, 0) is 33.8 Å². The van der Waals surface area contributed by atoms with Gasteiger partial charge in [0.05, 0.1) is 17.7 Å². The maximum Gasteiger partial charge on any atom is 0.309 e. The van der Waals surface area contributed by atoms with E-state index in [-0.39, 0.29) is 6.10 Å². The number of pyridine rings is 1. The molecule has 6 rings (SSSR count). The van der Waals surface area contributed by atoms with Gasteiger partial charge in [-0.05, 0) is 85.5 Å². The number of methoxy groups -OCH3 is 1. The van der Waals surface area contributed by atoms with Crippen LogP contribution in [0.5, 0.6) is 5.75 Å². The van der Waals surface area contributed by atoms with Crippen molar-refractivity contribution in [1.82, 2.24) is 9.88 Å². The van der Waals surface area contributed by atoms with Crippen molar-refractivity contribution in [2.45, 2.75) is 64.8 Å². The van der Waals surface area contributed by atoms with Crippen molar-refractivity contribution < 1.29 is 24.1 Å². The fourth-order valence-electron chi connectivity index (χ4n) is 7.01. The van der Waals surface area contributed by atoms with Gasteiger partial charge >= 0.3 is 5.97 Å². The predicted molar refractivity (Wildman–Crippen MR) is 167 cm³/mol. The highest BCUT2D eigenvalue weighted by Gasteiger charge is 2.35. The van der Waals surface area contributed by atoms with Crippen LogP contribution in [0.4, 0.5) is 5.82 Å². The molecular weight excluding hydrogens is 542 g/mol. The number of hydrogen-bond acceptors (Lipinski definition) is 7.